The molecule has 1 rings (SSSR count). The van der Waals surface area contributed by atoms with Crippen molar-refractivity contribution < 1.29 is 4.79 Å². The first-order chi connectivity index (χ1) is 6.69. The molecule has 0 spiro atoms. The Hall–Kier alpha value is -1.08. The molecule has 3 N–H and O–H groups in total. The Morgan fingerprint density at radius 2 is 2.57 bits per heavy atom. The second kappa shape index (κ2) is 4.97. The third-order valence-electron chi connectivity index (χ3n) is 1.72. The molecule has 1 amide bonds. The second-order valence-electron chi connectivity index (χ2n) is 2.75. The van der Waals surface area contributed by atoms with Crippen LogP contribution >= 0.6 is 11.8 Å². The van der Waals surface area contributed by atoms with Crippen molar-refractivity contribution in [3.05, 3.63) is 6.33 Å². The van der Waals surface area contributed by atoms with Gasteiger partial charge in [-0.3, -0.25) is 10.2 Å². The molecule has 1 aromatic rings. The van der Waals surface area contributed by atoms with Crippen molar-refractivity contribution in [3.8, 4) is 0 Å². The molecule has 1 heterocycles. The van der Waals surface area contributed by atoms with Gasteiger partial charge in [-0.05, 0) is 6.42 Å². The molecule has 0 aliphatic carbocycles. The smallest absolute Gasteiger partial charge is 0.247 e. The van der Waals surface area contributed by atoms with Gasteiger partial charge in [-0.1, -0.05) is 18.7 Å². The molecular formula is C7H13N5OS. The highest BCUT2D eigenvalue weighted by atomic mass is 32.2. The summed E-state index contributed by atoms with van der Waals surface area (Å²) in [5.74, 6) is 4.87. The summed E-state index contributed by atoms with van der Waals surface area (Å²) in [7, 11) is 1.83. The summed E-state index contributed by atoms with van der Waals surface area (Å²) >= 11 is 1.35. The minimum absolute atomic E-state index is 0.194. The van der Waals surface area contributed by atoms with Crippen LogP contribution in [0.15, 0.2) is 11.5 Å². The summed E-state index contributed by atoms with van der Waals surface area (Å²) in [4.78, 5) is 11.3. The van der Waals surface area contributed by atoms with Crippen molar-refractivity contribution in [2.75, 3.05) is 0 Å². The van der Waals surface area contributed by atoms with E-state index in [1.54, 1.807) is 10.9 Å². The van der Waals surface area contributed by atoms with E-state index >= 15 is 0 Å². The molecule has 0 saturated carbocycles. The maximum atomic E-state index is 11.3. The summed E-state index contributed by atoms with van der Waals surface area (Å²) < 4.78 is 1.76. The number of carbonyl (C=O) groups excluding carboxylic acids is 1. The van der Waals surface area contributed by atoms with Crippen LogP contribution in [0, 0.1) is 0 Å². The molecule has 0 aliphatic rings. The number of rotatable bonds is 4. The summed E-state index contributed by atoms with van der Waals surface area (Å²) in [6.07, 6.45) is 2.29. The summed E-state index contributed by atoms with van der Waals surface area (Å²) in [6.45, 7) is 1.92. The highest BCUT2D eigenvalue weighted by Gasteiger charge is 2.18. The zero-order valence-electron chi connectivity index (χ0n) is 8.10. The van der Waals surface area contributed by atoms with Crippen LogP contribution in [0.1, 0.15) is 13.3 Å². The number of hydrazine groups is 1. The van der Waals surface area contributed by atoms with E-state index in [0.717, 1.165) is 0 Å². The van der Waals surface area contributed by atoms with E-state index in [1.165, 1.54) is 11.8 Å². The fourth-order valence-corrected chi connectivity index (χ4v) is 1.83. The number of thioether (sulfide) groups is 1. The van der Waals surface area contributed by atoms with Gasteiger partial charge in [0.25, 0.3) is 0 Å². The van der Waals surface area contributed by atoms with E-state index in [1.807, 2.05) is 14.0 Å². The van der Waals surface area contributed by atoms with Gasteiger partial charge in [0.2, 0.25) is 5.91 Å². The number of amides is 1. The van der Waals surface area contributed by atoms with E-state index in [0.29, 0.717) is 11.6 Å². The minimum atomic E-state index is -0.220. The Morgan fingerprint density at radius 3 is 3.00 bits per heavy atom. The second-order valence-corrected chi connectivity index (χ2v) is 3.92. The molecule has 1 atom stereocenters. The van der Waals surface area contributed by atoms with Gasteiger partial charge in [0.05, 0.1) is 5.25 Å². The lowest BCUT2D eigenvalue weighted by atomic mass is 10.3. The van der Waals surface area contributed by atoms with E-state index in [4.69, 9.17) is 5.84 Å². The van der Waals surface area contributed by atoms with Gasteiger partial charge in [-0.15, -0.1) is 10.2 Å². The molecule has 0 saturated heterocycles. The molecule has 0 fully saturated rings. The van der Waals surface area contributed by atoms with Gasteiger partial charge >= 0.3 is 0 Å². The monoisotopic (exact) mass is 215 g/mol. The van der Waals surface area contributed by atoms with Crippen LogP contribution in [0.25, 0.3) is 0 Å². The maximum absolute atomic E-state index is 11.3. The normalized spacial score (nSPS) is 12.5. The molecule has 0 bridgehead atoms. The van der Waals surface area contributed by atoms with Crippen LogP contribution in [0.2, 0.25) is 0 Å². The van der Waals surface area contributed by atoms with Crippen molar-refractivity contribution >= 4 is 17.7 Å². The van der Waals surface area contributed by atoms with Crippen molar-refractivity contribution in [1.82, 2.24) is 20.2 Å². The van der Waals surface area contributed by atoms with Gasteiger partial charge in [0, 0.05) is 7.05 Å². The Morgan fingerprint density at radius 1 is 1.86 bits per heavy atom. The van der Waals surface area contributed by atoms with Crippen LogP contribution in [0.3, 0.4) is 0 Å². The standard InChI is InChI=1S/C7H13N5OS/c1-3-5(6(13)10-8)14-7-11-9-4-12(7)2/h4-5H,3,8H2,1-2H3,(H,10,13). The highest BCUT2D eigenvalue weighted by molar-refractivity contribution is 8.00. The Kier molecular flexibility index (Phi) is 3.90. The van der Waals surface area contributed by atoms with Crippen molar-refractivity contribution in [3.63, 3.8) is 0 Å². The Balaban J connectivity index is 2.66. The van der Waals surface area contributed by atoms with Gasteiger partial charge in [-0.2, -0.15) is 0 Å². The number of aromatic nitrogens is 3. The molecule has 6 nitrogen and oxygen atoms in total. The van der Waals surface area contributed by atoms with Gasteiger partial charge in [-0.25, -0.2) is 5.84 Å². The molecule has 14 heavy (non-hydrogen) atoms. The lowest BCUT2D eigenvalue weighted by molar-refractivity contribution is -0.120. The average molecular weight is 215 g/mol. The quantitative estimate of drug-likeness (QED) is 0.311. The lowest BCUT2D eigenvalue weighted by Crippen LogP contribution is -2.37. The van der Waals surface area contributed by atoms with E-state index < -0.39 is 0 Å². The maximum Gasteiger partial charge on any atom is 0.247 e. The third-order valence-corrected chi connectivity index (χ3v) is 3.14. The fraction of sp³-hybridized carbons (Fsp3) is 0.571. The molecule has 0 aliphatic heterocycles. The first-order valence-electron chi connectivity index (χ1n) is 4.20. The molecule has 7 heteroatoms. The molecule has 1 unspecified atom stereocenters. The summed E-state index contributed by atoms with van der Waals surface area (Å²) in [5.41, 5.74) is 2.13. The predicted octanol–water partition coefficient (Wildman–Crippen LogP) is -0.324. The highest BCUT2D eigenvalue weighted by Crippen LogP contribution is 2.22. The number of nitrogens with one attached hydrogen (secondary N) is 1. The first-order valence-corrected chi connectivity index (χ1v) is 5.08. The Labute approximate surface area is 86.2 Å². The van der Waals surface area contributed by atoms with Crippen LogP contribution in [0.5, 0.6) is 0 Å². The molecular weight excluding hydrogens is 202 g/mol. The topological polar surface area (TPSA) is 85.8 Å². The van der Waals surface area contributed by atoms with Crippen molar-refractivity contribution in [2.24, 2.45) is 12.9 Å². The Bertz CT molecular complexity index is 313. The van der Waals surface area contributed by atoms with Crippen LogP contribution in [0.4, 0.5) is 0 Å². The van der Waals surface area contributed by atoms with Crippen LogP contribution < -0.4 is 11.3 Å². The molecule has 1 aromatic heterocycles. The van der Waals surface area contributed by atoms with Gasteiger partial charge in [0.1, 0.15) is 6.33 Å². The van der Waals surface area contributed by atoms with Gasteiger partial charge < -0.3 is 4.57 Å². The fourth-order valence-electron chi connectivity index (χ4n) is 0.922. The predicted molar refractivity (Wildman–Crippen MR) is 53.3 cm³/mol. The molecule has 78 valence electrons. The number of nitrogens with two attached hydrogens (primary N) is 1. The number of hydrogen-bond acceptors (Lipinski definition) is 5. The number of nitrogens with zero attached hydrogens (tertiary/aromatic N) is 3. The van der Waals surface area contributed by atoms with Gasteiger partial charge in [0.15, 0.2) is 5.16 Å². The molecule has 0 radical (unpaired) electrons. The number of hydrogen-bond donors (Lipinski definition) is 2. The van der Waals surface area contributed by atoms with Crippen molar-refractivity contribution in [2.45, 2.75) is 23.8 Å². The average Bonchev–Trinajstić information content (AvgIpc) is 2.59. The van der Waals surface area contributed by atoms with E-state index in [9.17, 15) is 4.79 Å². The van der Waals surface area contributed by atoms with E-state index in [2.05, 4.69) is 15.6 Å². The summed E-state index contributed by atoms with van der Waals surface area (Å²) in [6, 6.07) is 0. The van der Waals surface area contributed by atoms with Crippen LogP contribution in [-0.2, 0) is 11.8 Å². The minimum Gasteiger partial charge on any atom is -0.312 e. The first kappa shape index (κ1) is 11.0. The van der Waals surface area contributed by atoms with Crippen LogP contribution in [-0.4, -0.2) is 25.9 Å². The zero-order valence-corrected chi connectivity index (χ0v) is 8.91. The number of aryl methyl sites for hydroxylation is 1. The zero-order chi connectivity index (χ0) is 10.6. The lowest BCUT2D eigenvalue weighted by Gasteiger charge is -2.10. The van der Waals surface area contributed by atoms with Crippen molar-refractivity contribution in [1.29, 1.82) is 0 Å². The number of carbonyl (C=O) groups is 1. The molecule has 0 aromatic carbocycles. The summed E-state index contributed by atoms with van der Waals surface area (Å²) in [5, 5.41) is 8.09. The van der Waals surface area contributed by atoms with E-state index in [-0.39, 0.29) is 11.2 Å². The SMILES string of the molecule is CCC(Sc1nncn1C)C(=O)NN. The third kappa shape index (κ3) is 2.46. The largest absolute Gasteiger partial charge is 0.312 e.